The summed E-state index contributed by atoms with van der Waals surface area (Å²) in [6.07, 6.45) is 5.68. The predicted molar refractivity (Wildman–Crippen MR) is 96.9 cm³/mol. The average molecular weight is 348 g/mol. The van der Waals surface area contributed by atoms with Gasteiger partial charge in [-0.3, -0.25) is 9.59 Å². The topological polar surface area (TPSA) is 61.4 Å². The van der Waals surface area contributed by atoms with E-state index in [-0.39, 0.29) is 30.3 Å². The maximum absolute atomic E-state index is 12.1. The molecule has 0 aromatic rings. The van der Waals surface area contributed by atoms with E-state index in [0.29, 0.717) is 25.3 Å². The van der Waals surface area contributed by atoms with Crippen molar-refractivity contribution in [2.24, 2.45) is 0 Å². The Hall–Kier alpha value is -0.810. The molecule has 1 rings (SSSR count). The van der Waals surface area contributed by atoms with Crippen LogP contribution in [-0.4, -0.2) is 48.4 Å². The van der Waals surface area contributed by atoms with Gasteiger partial charge in [0.2, 0.25) is 11.8 Å². The summed E-state index contributed by atoms with van der Waals surface area (Å²) in [6, 6.07) is 0.567. The molecular weight excluding hydrogens is 314 g/mol. The molecule has 2 atom stereocenters. The van der Waals surface area contributed by atoms with Crippen molar-refractivity contribution in [3.05, 3.63) is 0 Å². The van der Waals surface area contributed by atoms with Crippen LogP contribution in [0, 0.1) is 0 Å². The zero-order valence-electron chi connectivity index (χ0n) is 14.9. The van der Waals surface area contributed by atoms with Crippen LogP contribution in [0.4, 0.5) is 0 Å². The maximum Gasteiger partial charge on any atom is 0.222 e. The summed E-state index contributed by atoms with van der Waals surface area (Å²) in [5.74, 6) is 0.259. The summed E-state index contributed by atoms with van der Waals surface area (Å²) in [5.41, 5.74) is 0. The number of nitrogens with one attached hydrogen (secondary N) is 2. The quantitative estimate of drug-likeness (QED) is 0.673. The molecule has 5 nitrogen and oxygen atoms in total. The van der Waals surface area contributed by atoms with Crippen LogP contribution in [-0.2, 0) is 9.59 Å². The molecular formula is C17H34ClN3O2. The van der Waals surface area contributed by atoms with E-state index in [0.717, 1.165) is 45.3 Å². The monoisotopic (exact) mass is 347 g/mol. The molecule has 0 radical (unpaired) electrons. The number of rotatable bonds is 9. The van der Waals surface area contributed by atoms with Crippen LogP contribution >= 0.6 is 12.4 Å². The summed E-state index contributed by atoms with van der Waals surface area (Å²) in [5, 5.41) is 6.47. The molecule has 2 unspecified atom stereocenters. The minimum Gasteiger partial charge on any atom is -0.352 e. The van der Waals surface area contributed by atoms with Gasteiger partial charge in [0.15, 0.2) is 0 Å². The van der Waals surface area contributed by atoms with Crippen molar-refractivity contribution in [2.75, 3.05) is 19.6 Å². The molecule has 0 spiro atoms. The van der Waals surface area contributed by atoms with Crippen LogP contribution < -0.4 is 10.6 Å². The molecule has 2 N–H and O–H groups in total. The van der Waals surface area contributed by atoms with Crippen LogP contribution in [0.25, 0.3) is 0 Å². The summed E-state index contributed by atoms with van der Waals surface area (Å²) in [4.78, 5) is 26.0. The molecule has 0 aromatic heterocycles. The molecule has 0 aliphatic carbocycles. The van der Waals surface area contributed by atoms with Crippen molar-refractivity contribution in [3.8, 4) is 0 Å². The number of hydrogen-bond donors (Lipinski definition) is 2. The summed E-state index contributed by atoms with van der Waals surface area (Å²) in [7, 11) is 0. The van der Waals surface area contributed by atoms with Gasteiger partial charge in [-0.1, -0.05) is 13.8 Å². The van der Waals surface area contributed by atoms with Gasteiger partial charge in [-0.15, -0.1) is 12.4 Å². The second-order valence-corrected chi connectivity index (χ2v) is 6.29. The highest BCUT2D eigenvalue weighted by molar-refractivity contribution is 5.85. The van der Waals surface area contributed by atoms with Crippen LogP contribution in [0.5, 0.6) is 0 Å². The molecule has 23 heavy (non-hydrogen) atoms. The first kappa shape index (κ1) is 22.2. The molecule has 0 saturated carbocycles. The number of hydrogen-bond acceptors (Lipinski definition) is 3. The fourth-order valence-corrected chi connectivity index (χ4v) is 2.98. The lowest BCUT2D eigenvalue weighted by Gasteiger charge is -2.30. The Kier molecular flexibility index (Phi) is 12.1. The maximum atomic E-state index is 12.1. The first-order chi connectivity index (χ1) is 10.6. The molecule has 1 saturated heterocycles. The number of halogens is 1. The first-order valence-corrected chi connectivity index (χ1v) is 8.89. The number of carbonyl (C=O) groups excluding carboxylic acids is 2. The van der Waals surface area contributed by atoms with Gasteiger partial charge in [-0.2, -0.15) is 0 Å². The Morgan fingerprint density at radius 2 is 1.83 bits per heavy atom. The summed E-state index contributed by atoms with van der Waals surface area (Å²) in [6.45, 7) is 8.97. The molecule has 0 bridgehead atoms. The first-order valence-electron chi connectivity index (χ1n) is 8.89. The van der Waals surface area contributed by atoms with Gasteiger partial charge >= 0.3 is 0 Å². The molecule has 6 heteroatoms. The highest BCUT2D eigenvalue weighted by Gasteiger charge is 2.22. The van der Waals surface area contributed by atoms with Gasteiger partial charge in [0.1, 0.15) is 0 Å². The largest absolute Gasteiger partial charge is 0.352 e. The summed E-state index contributed by atoms with van der Waals surface area (Å²) >= 11 is 0. The lowest BCUT2D eigenvalue weighted by Crippen LogP contribution is -2.51. The fourth-order valence-electron chi connectivity index (χ4n) is 2.98. The minimum absolute atomic E-state index is 0. The lowest BCUT2D eigenvalue weighted by atomic mass is 9.99. The molecule has 1 aliphatic rings. The van der Waals surface area contributed by atoms with E-state index in [9.17, 15) is 9.59 Å². The fraction of sp³-hybridized carbons (Fsp3) is 0.882. The Labute approximate surface area is 147 Å². The Bertz CT molecular complexity index is 347. The van der Waals surface area contributed by atoms with Gasteiger partial charge in [0, 0.05) is 38.0 Å². The zero-order chi connectivity index (χ0) is 16.4. The second-order valence-electron chi connectivity index (χ2n) is 6.29. The Balaban J connectivity index is 0.00000484. The number of amides is 2. The average Bonchev–Trinajstić information content (AvgIpc) is 2.49. The third-order valence-corrected chi connectivity index (χ3v) is 4.24. The SMILES string of the molecule is CCCN(CCC)C(=O)CCCC(=O)NC1CCCNC1C.Cl. The lowest BCUT2D eigenvalue weighted by molar-refractivity contribution is -0.131. The standard InChI is InChI=1S/C17H33N3O2.ClH/c1-4-12-20(13-5-2)17(22)10-6-9-16(21)19-15-8-7-11-18-14(15)3;/h14-15,18H,4-13H2,1-3H3,(H,19,21);1H. The van der Waals surface area contributed by atoms with Crippen molar-refractivity contribution >= 4 is 24.2 Å². The van der Waals surface area contributed by atoms with Crippen molar-refractivity contribution in [3.63, 3.8) is 0 Å². The van der Waals surface area contributed by atoms with Gasteiger partial charge in [-0.25, -0.2) is 0 Å². The van der Waals surface area contributed by atoms with Crippen LogP contribution in [0.3, 0.4) is 0 Å². The van der Waals surface area contributed by atoms with Crippen molar-refractivity contribution in [2.45, 2.75) is 77.8 Å². The van der Waals surface area contributed by atoms with Gasteiger partial charge < -0.3 is 15.5 Å². The zero-order valence-corrected chi connectivity index (χ0v) is 15.7. The number of carbonyl (C=O) groups is 2. The van der Waals surface area contributed by atoms with E-state index in [2.05, 4.69) is 31.4 Å². The van der Waals surface area contributed by atoms with E-state index in [1.165, 1.54) is 0 Å². The van der Waals surface area contributed by atoms with E-state index < -0.39 is 0 Å². The van der Waals surface area contributed by atoms with E-state index in [1.54, 1.807) is 0 Å². The minimum atomic E-state index is 0. The van der Waals surface area contributed by atoms with E-state index in [1.807, 2.05) is 4.90 Å². The number of piperidine rings is 1. The normalized spacial score (nSPS) is 20.5. The van der Waals surface area contributed by atoms with E-state index in [4.69, 9.17) is 0 Å². The molecule has 1 fully saturated rings. The summed E-state index contributed by atoms with van der Waals surface area (Å²) < 4.78 is 0. The Morgan fingerprint density at radius 1 is 1.17 bits per heavy atom. The highest BCUT2D eigenvalue weighted by Crippen LogP contribution is 2.09. The van der Waals surface area contributed by atoms with Crippen LogP contribution in [0.2, 0.25) is 0 Å². The van der Waals surface area contributed by atoms with Gasteiger partial charge in [0.05, 0.1) is 0 Å². The van der Waals surface area contributed by atoms with Crippen molar-refractivity contribution in [1.82, 2.24) is 15.5 Å². The molecule has 0 aromatic carbocycles. The molecule has 1 heterocycles. The van der Waals surface area contributed by atoms with Gasteiger partial charge in [-0.05, 0) is 45.6 Å². The third-order valence-electron chi connectivity index (χ3n) is 4.24. The predicted octanol–water partition coefficient (Wildman–Crippen LogP) is 2.48. The highest BCUT2D eigenvalue weighted by atomic mass is 35.5. The van der Waals surface area contributed by atoms with Crippen LogP contribution in [0.15, 0.2) is 0 Å². The molecule has 2 amide bonds. The van der Waals surface area contributed by atoms with Crippen molar-refractivity contribution in [1.29, 1.82) is 0 Å². The molecule has 136 valence electrons. The van der Waals surface area contributed by atoms with Gasteiger partial charge in [0.25, 0.3) is 0 Å². The Morgan fingerprint density at radius 3 is 2.39 bits per heavy atom. The number of nitrogens with zero attached hydrogens (tertiary/aromatic N) is 1. The van der Waals surface area contributed by atoms with Crippen molar-refractivity contribution < 1.29 is 9.59 Å². The third kappa shape index (κ3) is 8.56. The second kappa shape index (κ2) is 12.6. The molecule has 1 aliphatic heterocycles. The van der Waals surface area contributed by atoms with E-state index >= 15 is 0 Å². The van der Waals surface area contributed by atoms with Crippen LogP contribution in [0.1, 0.15) is 65.7 Å². The smallest absolute Gasteiger partial charge is 0.222 e.